The maximum absolute atomic E-state index is 12.4. The average molecular weight is 1280 g/mol. The van der Waals surface area contributed by atoms with Gasteiger partial charge in [0.15, 0.2) is 12.1 Å². The first-order chi connectivity index (χ1) is 45.8. The molecule has 4 aromatic heterocycles. The van der Waals surface area contributed by atoms with Gasteiger partial charge in [0.05, 0.1) is 17.7 Å². The molecular weight excluding hydrogens is 1190 g/mol. The number of nitrogens with one attached hydrogen (secondary N) is 1. The number of aldehydes is 3. The van der Waals surface area contributed by atoms with Crippen molar-refractivity contribution in [3.8, 4) is 22.5 Å². The Kier molecular flexibility index (Phi) is 37.6. The Hall–Kier alpha value is -10.2. The number of nitrogens with two attached hydrogens (primary N) is 2. The molecule has 95 heavy (non-hydrogen) atoms. The number of pyridine rings is 3. The van der Waals surface area contributed by atoms with Crippen molar-refractivity contribution in [3.05, 3.63) is 271 Å². The maximum Gasteiger partial charge on any atom is 0.312 e. The van der Waals surface area contributed by atoms with Crippen LogP contribution in [0.25, 0.3) is 27.4 Å². The number of unbranched alkanes of at least 4 members (excludes halogenated alkanes) is 1. The standard InChI is InChI=1S/C19H22N2O2.C18H17N3.C12H16O.C11H13N.C10H15N.C6H5NO.C2H4O.CH3NO2/c1-14-8-9-16(11-15(14)2)5-3-7-18(23)19(21-13-22)17-6-4-10-20-12-17;1-12-8-14-5-7-21-11-20-17(15-4-3-6-19-10-15)18(21)16(14)9-13(12)2;1-10-6-7-12(9-11(10)2)5-3-4-8-13;1-9-4-5-11(6-7-12-3)8-10(9)2;1-8-3-4-10(5-6-11)7-9(8)2;8-5-6-2-1-3-7-4-6;1-2-3;2-4-1-3/h4,6,8-13,19H,3,5,7H2,1-2H3,(H,21,22);3-4,6,8-11H,5,7H2,1-2H3;6-9H,3-5H2,1-2H3;4-5,8H,6-7H2,1-2H3;3-4,7H,5-6,11H2,1-2H3;1-5H;2H,1H3;1H,2H2. The summed E-state index contributed by atoms with van der Waals surface area (Å²) in [6.07, 6.45) is 22.8. The minimum absolute atomic E-state index is 0.00827. The molecule has 0 aliphatic carbocycles. The Morgan fingerprint density at radius 1 is 0.621 bits per heavy atom. The number of amides is 1. The molecule has 16 heteroatoms. The zero-order valence-corrected chi connectivity index (χ0v) is 57.2. The van der Waals surface area contributed by atoms with Crippen LogP contribution in [0.4, 0.5) is 0 Å². The van der Waals surface area contributed by atoms with E-state index in [9.17, 15) is 19.2 Å². The van der Waals surface area contributed by atoms with Crippen LogP contribution in [0.2, 0.25) is 0 Å². The minimum Gasteiger partial charge on any atom is -0.376 e. The second-order valence-electron chi connectivity index (χ2n) is 22.8. The lowest BCUT2D eigenvalue weighted by molar-refractivity contribution is -0.129. The van der Waals surface area contributed by atoms with Crippen LogP contribution in [-0.2, 0) is 67.5 Å². The zero-order chi connectivity index (χ0) is 69.9. The van der Waals surface area contributed by atoms with Crippen LogP contribution in [0.15, 0.2) is 165 Å². The van der Waals surface area contributed by atoms with Crippen molar-refractivity contribution >= 4 is 37.5 Å². The quantitative estimate of drug-likeness (QED) is 0.0296. The number of rotatable bonds is 19. The molecule has 1 aliphatic rings. The predicted octanol–water partition coefficient (Wildman–Crippen LogP) is 14.4. The molecule has 9 aromatic rings. The maximum atomic E-state index is 12.4. The Labute approximate surface area is 562 Å². The van der Waals surface area contributed by atoms with Crippen molar-refractivity contribution in [2.75, 3.05) is 13.1 Å². The smallest absolute Gasteiger partial charge is 0.312 e. The highest BCUT2D eigenvalue weighted by Crippen LogP contribution is 2.37. The third kappa shape index (κ3) is 28.7. The van der Waals surface area contributed by atoms with Gasteiger partial charge in [0.25, 0.3) is 0 Å². The van der Waals surface area contributed by atoms with E-state index < -0.39 is 6.04 Å². The van der Waals surface area contributed by atoms with Crippen LogP contribution in [0.5, 0.6) is 0 Å². The van der Waals surface area contributed by atoms with Gasteiger partial charge in [-0.2, -0.15) is 5.90 Å². The van der Waals surface area contributed by atoms with E-state index in [1.807, 2.05) is 18.6 Å². The van der Waals surface area contributed by atoms with Crippen LogP contribution < -0.4 is 16.9 Å². The number of imidazole rings is 1. The van der Waals surface area contributed by atoms with E-state index in [2.05, 4.69) is 206 Å². The second-order valence-corrected chi connectivity index (χ2v) is 22.8. The molecule has 0 spiro atoms. The molecule has 5 N–H and O–H groups in total. The van der Waals surface area contributed by atoms with Gasteiger partial charge < -0.3 is 34.9 Å². The topological polar surface area (TPSA) is 237 Å². The number of Topliss-reactive ketones (excluding diaryl/α,β-unsaturated/α-hetero) is 1. The number of aromatic nitrogens is 5. The van der Waals surface area contributed by atoms with Crippen LogP contribution in [0.3, 0.4) is 0 Å². The number of carbonyl (C=O) groups excluding carboxylic acids is 6. The normalized spacial score (nSPS) is 10.5. The molecule has 16 nitrogen and oxygen atoms in total. The first-order valence-electron chi connectivity index (χ1n) is 31.8. The highest BCUT2D eigenvalue weighted by atomic mass is 16.6. The summed E-state index contributed by atoms with van der Waals surface area (Å²) in [5, 5.41) is 2.59. The van der Waals surface area contributed by atoms with Crippen LogP contribution >= 0.6 is 0 Å². The van der Waals surface area contributed by atoms with Crippen LogP contribution in [0.1, 0.15) is 138 Å². The summed E-state index contributed by atoms with van der Waals surface area (Å²) >= 11 is 0. The van der Waals surface area contributed by atoms with E-state index in [0.717, 1.165) is 93.7 Å². The number of aryl methyl sites for hydroxylation is 14. The summed E-state index contributed by atoms with van der Waals surface area (Å²) in [5.41, 5.74) is 31.3. The van der Waals surface area contributed by atoms with E-state index >= 15 is 0 Å². The highest BCUT2D eigenvalue weighted by molar-refractivity contribution is 5.87. The summed E-state index contributed by atoms with van der Waals surface area (Å²) in [5.74, 6) is 4.17. The highest BCUT2D eigenvalue weighted by Gasteiger charge is 2.23. The number of benzene rings is 5. The molecule has 5 heterocycles. The number of carbonyl (C=O) groups is 6. The summed E-state index contributed by atoms with van der Waals surface area (Å²) < 4.78 is 2.26. The first kappa shape index (κ1) is 79.0. The lowest BCUT2D eigenvalue weighted by Crippen LogP contribution is -2.27. The monoisotopic (exact) mass is 1280 g/mol. The fourth-order valence-electron chi connectivity index (χ4n) is 9.72. The third-order valence-corrected chi connectivity index (χ3v) is 15.7. The average Bonchev–Trinajstić information content (AvgIpc) is 1.70. The molecule has 0 bridgehead atoms. The first-order valence-corrected chi connectivity index (χ1v) is 31.8. The fraction of sp³-hybridized carbons (Fsp3) is 0.304. The summed E-state index contributed by atoms with van der Waals surface area (Å²) in [6.45, 7) is 31.9. The van der Waals surface area contributed by atoms with Gasteiger partial charge in [0.2, 0.25) is 13.0 Å². The molecule has 498 valence electrons. The summed E-state index contributed by atoms with van der Waals surface area (Å²) in [7, 11) is 0. The van der Waals surface area contributed by atoms with E-state index in [-0.39, 0.29) is 12.3 Å². The molecule has 1 aliphatic heterocycles. The van der Waals surface area contributed by atoms with Gasteiger partial charge in [0.1, 0.15) is 18.6 Å². The Morgan fingerprint density at radius 3 is 1.54 bits per heavy atom. The van der Waals surface area contributed by atoms with Crippen LogP contribution in [0, 0.1) is 75.8 Å². The van der Waals surface area contributed by atoms with E-state index in [0.29, 0.717) is 31.4 Å². The molecule has 1 atom stereocenters. The Balaban J connectivity index is 0.000000300. The Bertz CT molecular complexity index is 3830. The fourth-order valence-corrected chi connectivity index (χ4v) is 9.72. The van der Waals surface area contributed by atoms with Crippen molar-refractivity contribution < 1.29 is 33.6 Å². The molecule has 1 amide bonds. The molecule has 0 saturated heterocycles. The SMILES string of the molecule is CC=O.Cc1cc2c(cc1C)-c1c(-c3cccnc3)ncn1CC2.Cc1ccc(CCCC(=O)C(NC=O)c2cccnc2)cc1C.Cc1ccc(CCCC=O)cc1C.Cc1ccc(CCN)cc1C.NOC=O.O=Cc1cccnc1.[C-]#[N+]CCc1ccc(C)c(C)c1. The largest absolute Gasteiger partial charge is 0.376 e. The number of hydrogen-bond donors (Lipinski definition) is 3. The van der Waals surface area contributed by atoms with Crippen molar-refractivity contribution in [1.29, 1.82) is 0 Å². The lowest BCUT2D eigenvalue weighted by atomic mass is 9.92. The molecule has 5 aromatic carbocycles. The summed E-state index contributed by atoms with van der Waals surface area (Å²) in [4.78, 5) is 84.2. The molecule has 0 radical (unpaired) electrons. The lowest BCUT2D eigenvalue weighted by Gasteiger charge is -2.21. The van der Waals surface area contributed by atoms with Crippen molar-refractivity contribution in [3.63, 3.8) is 0 Å². The van der Waals surface area contributed by atoms with Gasteiger partial charge in [-0.15, -0.1) is 0 Å². The summed E-state index contributed by atoms with van der Waals surface area (Å²) in [6, 6.07) is 40.8. The van der Waals surface area contributed by atoms with Gasteiger partial charge in [-0.05, 0) is 241 Å². The number of ketones is 1. The van der Waals surface area contributed by atoms with E-state index in [4.69, 9.17) is 21.9 Å². The van der Waals surface area contributed by atoms with Gasteiger partial charge in [0, 0.05) is 85.2 Å². The van der Waals surface area contributed by atoms with Crippen molar-refractivity contribution in [2.45, 2.75) is 147 Å². The molecule has 1 unspecified atom stereocenters. The van der Waals surface area contributed by atoms with Crippen molar-refractivity contribution in [1.82, 2.24) is 29.8 Å². The van der Waals surface area contributed by atoms with Gasteiger partial charge in [-0.1, -0.05) is 84.9 Å². The minimum atomic E-state index is -0.610. The second kappa shape index (κ2) is 45.1. The zero-order valence-electron chi connectivity index (χ0n) is 57.2. The van der Waals surface area contributed by atoms with E-state index in [1.165, 1.54) is 108 Å². The van der Waals surface area contributed by atoms with Gasteiger partial charge in [-0.25, -0.2) is 11.6 Å². The predicted molar refractivity (Wildman–Crippen MR) is 381 cm³/mol. The van der Waals surface area contributed by atoms with Crippen LogP contribution in [-0.4, -0.2) is 75.1 Å². The third-order valence-electron chi connectivity index (χ3n) is 15.7. The number of hydrogen-bond acceptors (Lipinski definition) is 13. The molecule has 0 fully saturated rings. The van der Waals surface area contributed by atoms with Gasteiger partial charge in [-0.3, -0.25) is 34.1 Å². The molecule has 0 saturated carbocycles. The number of nitrogens with zero attached hydrogens (tertiary/aromatic N) is 6. The number of fused-ring (bicyclic) bond motifs is 3. The molecule has 10 rings (SSSR count). The van der Waals surface area contributed by atoms with Crippen molar-refractivity contribution in [2.24, 2.45) is 11.6 Å². The van der Waals surface area contributed by atoms with Gasteiger partial charge >= 0.3 is 6.47 Å². The van der Waals surface area contributed by atoms with E-state index in [1.54, 1.807) is 49.1 Å². The Morgan fingerprint density at radius 2 is 1.11 bits per heavy atom. The molecular formula is C79H95N9O7.